The quantitative estimate of drug-likeness (QED) is 0.118. The van der Waals surface area contributed by atoms with Crippen LogP contribution in [0.4, 0.5) is 0 Å². The van der Waals surface area contributed by atoms with Gasteiger partial charge in [-0.2, -0.15) is 0 Å². The Morgan fingerprint density at radius 3 is 1.26 bits per heavy atom. The average Bonchev–Trinajstić information content (AvgIpc) is 2.66. The minimum atomic E-state index is -2.82. The van der Waals surface area contributed by atoms with Crippen LogP contribution in [-0.2, 0) is 0 Å². The standard InChI is InChI=1S/C20H46Cl3NSi3/c1-8-15-16-17-18-19-20(27(21,22)23)24(25(9-2,10-3)11-4)26(12-5,13-6)14-7/h20H,8-19H2,1-7H3. The van der Waals surface area contributed by atoms with Gasteiger partial charge in [0.15, 0.2) is 0 Å². The molecular weight excluding hydrogens is 445 g/mol. The Bertz CT molecular complexity index is 347. The lowest BCUT2D eigenvalue weighted by Crippen LogP contribution is -2.72. The minimum Gasteiger partial charge on any atom is -0.342 e. The Balaban J connectivity index is 6.06. The molecule has 0 fully saturated rings. The van der Waals surface area contributed by atoms with Gasteiger partial charge in [0.05, 0.1) is 0 Å². The molecule has 1 nitrogen and oxygen atoms in total. The maximum atomic E-state index is 6.86. The van der Waals surface area contributed by atoms with Crippen molar-refractivity contribution in [2.75, 3.05) is 0 Å². The normalized spacial score (nSPS) is 14.8. The first kappa shape index (κ1) is 28.5. The number of hydrogen-bond acceptors (Lipinski definition) is 1. The van der Waals surface area contributed by atoms with Gasteiger partial charge in [-0.15, -0.1) is 33.2 Å². The van der Waals surface area contributed by atoms with Crippen molar-refractivity contribution in [2.24, 2.45) is 0 Å². The number of hydrogen-bond donors (Lipinski definition) is 0. The Morgan fingerprint density at radius 1 is 0.593 bits per heavy atom. The van der Waals surface area contributed by atoms with Crippen LogP contribution in [0.2, 0.25) is 36.3 Å². The van der Waals surface area contributed by atoms with Gasteiger partial charge in [-0.05, 0) is 42.7 Å². The zero-order valence-corrected chi connectivity index (χ0v) is 24.4. The van der Waals surface area contributed by atoms with Crippen molar-refractivity contribution in [1.82, 2.24) is 4.23 Å². The molecule has 7 heteroatoms. The summed E-state index contributed by atoms with van der Waals surface area (Å²) >= 11 is 20.6. The fraction of sp³-hybridized carbons (Fsp3) is 1.00. The molecule has 0 aliphatic heterocycles. The van der Waals surface area contributed by atoms with Crippen LogP contribution in [0.3, 0.4) is 0 Å². The highest BCUT2D eigenvalue weighted by atomic mass is 35.8. The van der Waals surface area contributed by atoms with Crippen molar-refractivity contribution in [2.45, 2.75) is 129 Å². The van der Waals surface area contributed by atoms with E-state index in [-0.39, 0.29) is 5.67 Å². The van der Waals surface area contributed by atoms with E-state index in [1.54, 1.807) is 0 Å². The van der Waals surface area contributed by atoms with E-state index in [0.29, 0.717) is 0 Å². The lowest BCUT2D eigenvalue weighted by molar-refractivity contribution is 0.470. The summed E-state index contributed by atoms with van der Waals surface area (Å²) in [6, 6.07) is 4.90. The average molecular weight is 491 g/mol. The summed E-state index contributed by atoms with van der Waals surface area (Å²) in [6.45, 7) is 16.7. The van der Waals surface area contributed by atoms with Gasteiger partial charge < -0.3 is 4.23 Å². The van der Waals surface area contributed by atoms with E-state index in [2.05, 4.69) is 52.7 Å². The van der Waals surface area contributed by atoms with E-state index in [4.69, 9.17) is 33.2 Å². The minimum absolute atomic E-state index is 0.224. The van der Waals surface area contributed by atoms with E-state index in [9.17, 15) is 0 Å². The molecule has 0 aromatic carbocycles. The largest absolute Gasteiger partial charge is 0.356 e. The smallest absolute Gasteiger partial charge is 0.342 e. The van der Waals surface area contributed by atoms with Crippen LogP contribution in [0.5, 0.6) is 0 Å². The Hall–Kier alpha value is 1.48. The molecule has 27 heavy (non-hydrogen) atoms. The fourth-order valence-electron chi connectivity index (χ4n) is 5.07. The molecule has 0 aliphatic rings. The third kappa shape index (κ3) is 7.59. The SMILES string of the molecule is CCCCCCCC(N([Si](CC)(CC)CC)[Si](CC)(CC)CC)[Si](Cl)(Cl)Cl. The van der Waals surface area contributed by atoms with Crippen molar-refractivity contribution in [3.63, 3.8) is 0 Å². The van der Waals surface area contributed by atoms with Crippen LogP contribution < -0.4 is 0 Å². The van der Waals surface area contributed by atoms with Crippen LogP contribution >= 0.6 is 33.2 Å². The number of halogens is 3. The first-order valence-electron chi connectivity index (χ1n) is 11.5. The monoisotopic (exact) mass is 489 g/mol. The maximum absolute atomic E-state index is 6.86. The van der Waals surface area contributed by atoms with Gasteiger partial charge in [-0.1, -0.05) is 80.6 Å². The second kappa shape index (κ2) is 13.7. The lowest BCUT2D eigenvalue weighted by Gasteiger charge is -2.57. The topological polar surface area (TPSA) is 3.24 Å². The molecule has 0 aromatic heterocycles. The van der Waals surface area contributed by atoms with Crippen molar-refractivity contribution >= 4 is 55.7 Å². The summed E-state index contributed by atoms with van der Waals surface area (Å²) in [6.07, 6.45) is 7.52. The van der Waals surface area contributed by atoms with Crippen molar-refractivity contribution in [1.29, 1.82) is 0 Å². The predicted molar refractivity (Wildman–Crippen MR) is 137 cm³/mol. The molecule has 0 spiro atoms. The maximum Gasteiger partial charge on any atom is 0.356 e. The molecule has 0 rings (SSSR count). The second-order valence-corrected chi connectivity index (χ2v) is 27.6. The van der Waals surface area contributed by atoms with E-state index >= 15 is 0 Å². The van der Waals surface area contributed by atoms with Gasteiger partial charge in [-0.3, -0.25) is 0 Å². The van der Waals surface area contributed by atoms with Crippen LogP contribution in [0, 0.1) is 0 Å². The Labute approximate surface area is 188 Å². The van der Waals surface area contributed by atoms with Crippen LogP contribution in [-0.4, -0.2) is 32.4 Å². The molecule has 0 amide bonds. The first-order chi connectivity index (χ1) is 12.7. The highest BCUT2D eigenvalue weighted by molar-refractivity contribution is 7.65. The third-order valence-electron chi connectivity index (χ3n) is 7.24. The van der Waals surface area contributed by atoms with E-state index in [0.717, 1.165) is 6.42 Å². The van der Waals surface area contributed by atoms with Gasteiger partial charge in [0.2, 0.25) is 0 Å². The van der Waals surface area contributed by atoms with Crippen molar-refractivity contribution in [3.05, 3.63) is 0 Å². The molecular formula is C20H46Cl3NSi3. The molecule has 164 valence electrons. The number of nitrogens with zero attached hydrogens (tertiary/aromatic N) is 1. The van der Waals surface area contributed by atoms with E-state index < -0.39 is 22.5 Å². The lowest BCUT2D eigenvalue weighted by atomic mass is 10.1. The van der Waals surface area contributed by atoms with Crippen molar-refractivity contribution in [3.8, 4) is 0 Å². The molecule has 0 N–H and O–H groups in total. The van der Waals surface area contributed by atoms with E-state index in [1.165, 1.54) is 68.4 Å². The molecule has 0 heterocycles. The van der Waals surface area contributed by atoms with Crippen LogP contribution in [0.1, 0.15) is 87.0 Å². The van der Waals surface area contributed by atoms with E-state index in [1.807, 2.05) is 0 Å². The highest BCUT2D eigenvalue weighted by Gasteiger charge is 2.54. The summed E-state index contributed by atoms with van der Waals surface area (Å²) in [5, 5.41) is 0. The van der Waals surface area contributed by atoms with Gasteiger partial charge in [0.1, 0.15) is 16.5 Å². The van der Waals surface area contributed by atoms with Crippen LogP contribution in [0.15, 0.2) is 0 Å². The molecule has 0 saturated heterocycles. The molecule has 1 unspecified atom stereocenters. The summed E-state index contributed by atoms with van der Waals surface area (Å²) in [4.78, 5) is 0. The zero-order valence-electron chi connectivity index (χ0n) is 19.1. The summed E-state index contributed by atoms with van der Waals surface area (Å²) < 4.78 is 3.04. The molecule has 0 saturated carbocycles. The fourth-order valence-corrected chi connectivity index (χ4v) is 25.5. The molecule has 0 aromatic rings. The van der Waals surface area contributed by atoms with Gasteiger partial charge >= 0.3 is 6.00 Å². The molecule has 0 bridgehead atoms. The summed E-state index contributed by atoms with van der Waals surface area (Å²) in [5.41, 5.74) is 0.224. The number of unbranched alkanes of at least 4 members (excludes halogenated alkanes) is 4. The van der Waals surface area contributed by atoms with Crippen molar-refractivity contribution < 1.29 is 0 Å². The molecule has 1 atom stereocenters. The Morgan fingerprint density at radius 2 is 0.963 bits per heavy atom. The highest BCUT2D eigenvalue weighted by Crippen LogP contribution is 2.43. The predicted octanol–water partition coefficient (Wildman–Crippen LogP) is 9.22. The van der Waals surface area contributed by atoms with Crippen LogP contribution in [0.25, 0.3) is 0 Å². The molecule has 0 radical (unpaired) electrons. The van der Waals surface area contributed by atoms with Gasteiger partial charge in [0, 0.05) is 5.67 Å². The zero-order chi connectivity index (χ0) is 21.1. The summed E-state index contributed by atoms with van der Waals surface area (Å²) in [7, 11) is -3.23. The first-order valence-corrected chi connectivity index (χ1v) is 21.8. The van der Waals surface area contributed by atoms with Gasteiger partial charge in [-0.25, -0.2) is 0 Å². The number of rotatable bonds is 16. The summed E-state index contributed by atoms with van der Waals surface area (Å²) in [5.74, 6) is 0. The Kier molecular flexibility index (Phi) is 14.5. The third-order valence-corrected chi connectivity index (χ3v) is 24.7. The van der Waals surface area contributed by atoms with Gasteiger partial charge in [0.25, 0.3) is 0 Å². The second-order valence-electron chi connectivity index (χ2n) is 8.20. The molecule has 0 aliphatic carbocycles.